The number of nitrogens with zero attached hydrogens (tertiary/aromatic N) is 2. The summed E-state index contributed by atoms with van der Waals surface area (Å²) in [5, 5.41) is 1.50. The number of rotatable bonds is 10. The van der Waals surface area contributed by atoms with Crippen LogP contribution in [0.3, 0.4) is 0 Å². The fourth-order valence-electron chi connectivity index (χ4n) is 4.06. The van der Waals surface area contributed by atoms with Crippen LogP contribution in [-0.4, -0.2) is 41.4 Å². The molecule has 0 aliphatic carbocycles. The molecule has 0 aliphatic rings. The Hall–Kier alpha value is -2.38. The van der Waals surface area contributed by atoms with Crippen LogP contribution in [0, 0.1) is 24.5 Å². The zero-order valence-corrected chi connectivity index (χ0v) is 23.0. The molecule has 0 radical (unpaired) electrons. The van der Waals surface area contributed by atoms with E-state index in [0.29, 0.717) is 0 Å². The van der Waals surface area contributed by atoms with Crippen molar-refractivity contribution in [2.45, 2.75) is 66.3 Å². The average molecular weight is 506 g/mol. The lowest BCUT2D eigenvalue weighted by Gasteiger charge is -2.39. The van der Waals surface area contributed by atoms with Crippen molar-refractivity contribution in [2.75, 3.05) is 20.6 Å². The molecule has 35 heavy (non-hydrogen) atoms. The first-order valence-electron chi connectivity index (χ1n) is 12.4. The topological polar surface area (TPSA) is 35.6 Å². The van der Waals surface area contributed by atoms with E-state index in [4.69, 9.17) is 12.2 Å². The van der Waals surface area contributed by atoms with Crippen molar-refractivity contribution in [3.05, 3.63) is 70.8 Å². The van der Waals surface area contributed by atoms with Crippen LogP contribution in [-0.2, 0) is 4.79 Å². The SMILES string of the molecule is CC.CCCCC(CCN(C)C)C(c1ccccc1C)N(NC(=S)c1cc(F)ccc1F)C(C)=O. The molecule has 0 fully saturated rings. The molecule has 7 heteroatoms. The van der Waals surface area contributed by atoms with Crippen LogP contribution >= 0.6 is 12.2 Å². The normalized spacial score (nSPS) is 12.4. The molecule has 2 unspecified atom stereocenters. The summed E-state index contributed by atoms with van der Waals surface area (Å²) >= 11 is 5.43. The van der Waals surface area contributed by atoms with Gasteiger partial charge in [-0.05, 0) is 75.6 Å². The van der Waals surface area contributed by atoms with Gasteiger partial charge in [0.15, 0.2) is 0 Å². The zero-order valence-electron chi connectivity index (χ0n) is 22.2. The number of unbranched alkanes of at least 4 members (excludes halogenated alkanes) is 1. The van der Waals surface area contributed by atoms with Crippen molar-refractivity contribution in [1.82, 2.24) is 15.3 Å². The average Bonchev–Trinajstić information content (AvgIpc) is 2.83. The van der Waals surface area contributed by atoms with E-state index in [0.717, 1.165) is 61.6 Å². The Morgan fingerprint density at radius 1 is 1.09 bits per heavy atom. The van der Waals surface area contributed by atoms with Crippen LogP contribution in [0.15, 0.2) is 42.5 Å². The van der Waals surface area contributed by atoms with Gasteiger partial charge in [-0.1, -0.05) is 70.1 Å². The Morgan fingerprint density at radius 2 is 1.74 bits per heavy atom. The number of halogens is 2. The summed E-state index contributed by atoms with van der Waals surface area (Å²) in [6.45, 7) is 10.5. The molecule has 1 amide bonds. The predicted octanol–water partition coefficient (Wildman–Crippen LogP) is 6.83. The number of hydrogen-bond donors (Lipinski definition) is 1. The van der Waals surface area contributed by atoms with Gasteiger partial charge >= 0.3 is 0 Å². The lowest BCUT2D eigenvalue weighted by molar-refractivity contribution is -0.135. The van der Waals surface area contributed by atoms with Gasteiger partial charge < -0.3 is 4.90 Å². The van der Waals surface area contributed by atoms with Crippen LogP contribution in [0.2, 0.25) is 0 Å². The molecule has 194 valence electrons. The Kier molecular flexibility index (Phi) is 13.6. The first kappa shape index (κ1) is 30.7. The van der Waals surface area contributed by atoms with Gasteiger partial charge in [0.1, 0.15) is 16.6 Å². The van der Waals surface area contributed by atoms with Crippen LogP contribution in [0.4, 0.5) is 8.78 Å². The molecule has 0 spiro atoms. The number of hydrogen-bond acceptors (Lipinski definition) is 3. The van der Waals surface area contributed by atoms with E-state index >= 15 is 0 Å². The van der Waals surface area contributed by atoms with E-state index in [1.54, 1.807) is 0 Å². The number of nitrogens with one attached hydrogen (secondary N) is 1. The molecular weight excluding hydrogens is 464 g/mol. The fourth-order valence-corrected chi connectivity index (χ4v) is 4.31. The van der Waals surface area contributed by atoms with Gasteiger partial charge in [-0.3, -0.25) is 10.2 Å². The minimum absolute atomic E-state index is 0.0253. The van der Waals surface area contributed by atoms with E-state index in [9.17, 15) is 13.6 Å². The van der Waals surface area contributed by atoms with Crippen LogP contribution < -0.4 is 5.43 Å². The Morgan fingerprint density at radius 3 is 2.31 bits per heavy atom. The molecule has 0 aliphatic heterocycles. The second-order valence-corrected chi connectivity index (χ2v) is 9.16. The maximum atomic E-state index is 14.4. The first-order valence-corrected chi connectivity index (χ1v) is 12.8. The first-order chi connectivity index (χ1) is 16.6. The Labute approximate surface area is 215 Å². The summed E-state index contributed by atoms with van der Waals surface area (Å²) in [6, 6.07) is 10.8. The van der Waals surface area contributed by atoms with Crippen LogP contribution in [0.1, 0.15) is 76.1 Å². The number of hydrazine groups is 1. The van der Waals surface area contributed by atoms with E-state index in [-0.39, 0.29) is 28.4 Å². The summed E-state index contributed by atoms with van der Waals surface area (Å²) in [4.78, 5) is 15.0. The highest BCUT2D eigenvalue weighted by Crippen LogP contribution is 2.35. The molecule has 2 rings (SSSR count). The Bertz CT molecular complexity index is 952. The molecule has 2 aromatic rings. The molecule has 0 bridgehead atoms. The molecule has 0 saturated heterocycles. The van der Waals surface area contributed by atoms with Gasteiger partial charge in [0.05, 0.1) is 6.04 Å². The van der Waals surface area contributed by atoms with Crippen molar-refractivity contribution in [3.8, 4) is 0 Å². The Balaban J connectivity index is 0.00000298. The number of amides is 1. The highest BCUT2D eigenvalue weighted by Gasteiger charge is 2.32. The predicted molar refractivity (Wildman–Crippen MR) is 145 cm³/mol. The quantitative estimate of drug-likeness (QED) is 0.284. The highest BCUT2D eigenvalue weighted by atomic mass is 32.1. The van der Waals surface area contributed by atoms with Gasteiger partial charge in [-0.15, -0.1) is 0 Å². The lowest BCUT2D eigenvalue weighted by Crippen LogP contribution is -2.49. The highest BCUT2D eigenvalue weighted by molar-refractivity contribution is 7.80. The number of carbonyl (C=O) groups is 1. The van der Waals surface area contributed by atoms with Crippen molar-refractivity contribution >= 4 is 23.1 Å². The van der Waals surface area contributed by atoms with Gasteiger partial charge in [-0.2, -0.15) is 0 Å². The minimum atomic E-state index is -0.639. The fraction of sp³-hybridized carbons (Fsp3) is 0.500. The molecule has 1 N–H and O–H groups in total. The van der Waals surface area contributed by atoms with Gasteiger partial charge in [0.2, 0.25) is 5.91 Å². The molecule has 2 atom stereocenters. The number of benzene rings is 2. The van der Waals surface area contributed by atoms with Gasteiger partial charge in [-0.25, -0.2) is 13.8 Å². The standard InChI is InChI=1S/C26H35F2N3OS.C2H6/c1-6-7-11-20(15-16-30(4)5)25(22-12-9-8-10-18(22)2)31(19(3)32)29-26(33)23-17-21(27)13-14-24(23)28;1-2/h8-10,12-14,17,20,25H,6-7,11,15-16H2,1-5H3,(H,29,33);1-2H3. The summed E-state index contributed by atoms with van der Waals surface area (Å²) < 4.78 is 28.2. The third-order valence-corrected chi connectivity index (χ3v) is 6.15. The summed E-state index contributed by atoms with van der Waals surface area (Å²) in [5.41, 5.74) is 4.97. The minimum Gasteiger partial charge on any atom is -0.309 e. The number of aryl methyl sites for hydroxylation is 1. The molecule has 0 heterocycles. The third kappa shape index (κ3) is 9.30. The second-order valence-electron chi connectivity index (χ2n) is 8.75. The number of thiocarbonyl (C=S) groups is 1. The van der Waals surface area contributed by atoms with E-state index in [1.165, 1.54) is 11.9 Å². The molecular formula is C28H41F2N3OS. The molecule has 4 nitrogen and oxygen atoms in total. The number of carbonyl (C=O) groups excluding carboxylic acids is 1. The van der Waals surface area contributed by atoms with E-state index < -0.39 is 11.6 Å². The lowest BCUT2D eigenvalue weighted by atomic mass is 9.84. The smallest absolute Gasteiger partial charge is 0.238 e. The molecule has 0 aromatic heterocycles. The largest absolute Gasteiger partial charge is 0.309 e. The van der Waals surface area contributed by atoms with E-state index in [1.807, 2.05) is 59.1 Å². The van der Waals surface area contributed by atoms with Crippen LogP contribution in [0.25, 0.3) is 0 Å². The third-order valence-electron chi connectivity index (χ3n) is 5.84. The van der Waals surface area contributed by atoms with Crippen molar-refractivity contribution < 1.29 is 13.6 Å². The van der Waals surface area contributed by atoms with Crippen molar-refractivity contribution in [1.29, 1.82) is 0 Å². The van der Waals surface area contributed by atoms with Crippen molar-refractivity contribution in [2.24, 2.45) is 5.92 Å². The maximum absolute atomic E-state index is 14.4. The summed E-state index contributed by atoms with van der Waals surface area (Å²) in [6.07, 6.45) is 3.86. The molecule has 0 saturated carbocycles. The maximum Gasteiger partial charge on any atom is 0.238 e. The van der Waals surface area contributed by atoms with Gasteiger partial charge in [0, 0.05) is 12.5 Å². The zero-order chi connectivity index (χ0) is 26.5. The summed E-state index contributed by atoms with van der Waals surface area (Å²) in [7, 11) is 4.06. The van der Waals surface area contributed by atoms with Crippen molar-refractivity contribution in [3.63, 3.8) is 0 Å². The second kappa shape index (κ2) is 15.6. The monoisotopic (exact) mass is 505 g/mol. The van der Waals surface area contributed by atoms with Gasteiger partial charge in [0.25, 0.3) is 0 Å². The molecule has 2 aromatic carbocycles. The van der Waals surface area contributed by atoms with E-state index in [2.05, 4.69) is 17.2 Å². The van der Waals surface area contributed by atoms with Crippen LogP contribution in [0.5, 0.6) is 0 Å². The summed E-state index contributed by atoms with van der Waals surface area (Å²) in [5.74, 6) is -1.33.